The van der Waals surface area contributed by atoms with Crippen molar-refractivity contribution < 1.29 is 0 Å². The second-order valence-corrected chi connectivity index (χ2v) is 4.00. The molecule has 0 aromatic heterocycles. The first kappa shape index (κ1) is 9.07. The number of benzene rings is 1. The number of nitrogen functional groups attached to an aromatic ring is 1. The van der Waals surface area contributed by atoms with Gasteiger partial charge in [0.1, 0.15) is 5.69 Å². The van der Waals surface area contributed by atoms with Crippen LogP contribution in [-0.4, -0.2) is 21.1 Å². The van der Waals surface area contributed by atoms with E-state index in [2.05, 4.69) is 34.1 Å². The van der Waals surface area contributed by atoms with Crippen LogP contribution < -0.4 is 10.2 Å². The van der Waals surface area contributed by atoms with Crippen LogP contribution >= 0.6 is 0 Å². The topological polar surface area (TPSA) is 26.0 Å². The van der Waals surface area contributed by atoms with E-state index in [1.54, 1.807) is 0 Å². The molecule has 1 aromatic carbocycles. The Bertz CT molecular complexity index is 284. The summed E-state index contributed by atoms with van der Waals surface area (Å²) in [6, 6.07) is 6.06. The molecule has 66 valence electrons. The average molecular weight is 165 g/mol. The molecule has 0 amide bonds. The first-order valence-electron chi connectivity index (χ1n) is 4.10. The van der Waals surface area contributed by atoms with E-state index < -0.39 is 0 Å². The molecule has 1 rings (SSSR count). The summed E-state index contributed by atoms with van der Waals surface area (Å²) in [6.07, 6.45) is 0. The molecule has 0 aliphatic carbocycles. The Labute approximate surface area is 74.2 Å². The Morgan fingerprint density at radius 2 is 1.75 bits per heavy atom. The third-order valence-corrected chi connectivity index (χ3v) is 2.07. The molecule has 2 N–H and O–H groups in total. The zero-order chi connectivity index (χ0) is 9.35. The van der Waals surface area contributed by atoms with Crippen LogP contribution in [0.2, 0.25) is 0 Å². The van der Waals surface area contributed by atoms with Gasteiger partial charge in [0.2, 0.25) is 0 Å². The highest BCUT2D eigenvalue weighted by Crippen LogP contribution is 2.25. The SMILES string of the molecule is Cc1c(N)cccc1[N+](C)(C)C. The second kappa shape index (κ2) is 2.79. The smallest absolute Gasteiger partial charge is 0.137 e. The molecule has 0 saturated carbocycles. The number of quaternary nitrogens is 1. The molecule has 12 heavy (non-hydrogen) atoms. The van der Waals surface area contributed by atoms with Crippen LogP contribution in [0, 0.1) is 6.92 Å². The van der Waals surface area contributed by atoms with Gasteiger partial charge < -0.3 is 5.73 Å². The van der Waals surface area contributed by atoms with Crippen LogP contribution in [0.5, 0.6) is 0 Å². The molecule has 0 aliphatic heterocycles. The second-order valence-electron chi connectivity index (χ2n) is 4.00. The Balaban J connectivity index is 3.26. The van der Waals surface area contributed by atoms with Crippen molar-refractivity contribution in [1.29, 1.82) is 0 Å². The van der Waals surface area contributed by atoms with E-state index in [0.717, 1.165) is 10.2 Å². The molecule has 0 radical (unpaired) electrons. The molecular formula is C10H17N2+. The van der Waals surface area contributed by atoms with Crippen molar-refractivity contribution in [3.05, 3.63) is 23.8 Å². The lowest BCUT2D eigenvalue weighted by Crippen LogP contribution is -2.35. The lowest BCUT2D eigenvalue weighted by atomic mass is 10.1. The van der Waals surface area contributed by atoms with E-state index in [1.165, 1.54) is 11.3 Å². The van der Waals surface area contributed by atoms with E-state index in [4.69, 9.17) is 5.73 Å². The minimum absolute atomic E-state index is 0.816. The van der Waals surface area contributed by atoms with E-state index in [9.17, 15) is 0 Å². The molecule has 0 saturated heterocycles. The minimum atomic E-state index is 0.816. The number of nitrogens with two attached hydrogens (primary N) is 1. The van der Waals surface area contributed by atoms with Gasteiger partial charge in [0.05, 0.1) is 21.1 Å². The Morgan fingerprint density at radius 1 is 1.17 bits per heavy atom. The predicted octanol–water partition coefficient (Wildman–Crippen LogP) is 1.77. The van der Waals surface area contributed by atoms with Crippen LogP contribution in [0.25, 0.3) is 0 Å². The van der Waals surface area contributed by atoms with Gasteiger partial charge in [-0.15, -0.1) is 0 Å². The van der Waals surface area contributed by atoms with Crippen molar-refractivity contribution in [2.24, 2.45) is 0 Å². The lowest BCUT2D eigenvalue weighted by Gasteiger charge is -2.25. The van der Waals surface area contributed by atoms with Gasteiger partial charge in [-0.25, -0.2) is 0 Å². The number of hydrogen-bond acceptors (Lipinski definition) is 1. The van der Waals surface area contributed by atoms with Crippen molar-refractivity contribution in [2.45, 2.75) is 6.92 Å². The first-order valence-corrected chi connectivity index (χ1v) is 4.10. The van der Waals surface area contributed by atoms with Crippen LogP contribution in [0.4, 0.5) is 11.4 Å². The summed E-state index contributed by atoms with van der Waals surface area (Å²) >= 11 is 0. The van der Waals surface area contributed by atoms with Crippen molar-refractivity contribution in [1.82, 2.24) is 4.48 Å². The molecule has 0 atom stereocenters. The normalized spacial score (nSPS) is 11.7. The summed E-state index contributed by atoms with van der Waals surface area (Å²) in [5.41, 5.74) is 9.14. The molecule has 0 bridgehead atoms. The van der Waals surface area contributed by atoms with Gasteiger partial charge in [-0.1, -0.05) is 6.07 Å². The molecule has 0 unspecified atom stereocenters. The van der Waals surface area contributed by atoms with Crippen molar-refractivity contribution in [3.63, 3.8) is 0 Å². The summed E-state index contributed by atoms with van der Waals surface area (Å²) in [4.78, 5) is 0. The Morgan fingerprint density at radius 3 is 2.17 bits per heavy atom. The number of hydrogen-bond donors (Lipinski definition) is 1. The third kappa shape index (κ3) is 1.59. The zero-order valence-corrected chi connectivity index (χ0v) is 8.26. The van der Waals surface area contributed by atoms with Crippen molar-refractivity contribution in [2.75, 3.05) is 26.9 Å². The lowest BCUT2D eigenvalue weighted by molar-refractivity contribution is 0.484. The van der Waals surface area contributed by atoms with E-state index >= 15 is 0 Å². The number of anilines is 1. The van der Waals surface area contributed by atoms with E-state index in [1.807, 2.05) is 12.1 Å². The van der Waals surface area contributed by atoms with Crippen LogP contribution in [0.3, 0.4) is 0 Å². The maximum absolute atomic E-state index is 5.81. The van der Waals surface area contributed by atoms with Crippen LogP contribution in [-0.2, 0) is 0 Å². The van der Waals surface area contributed by atoms with Gasteiger partial charge in [-0.2, -0.15) is 0 Å². The van der Waals surface area contributed by atoms with Gasteiger partial charge >= 0.3 is 0 Å². The van der Waals surface area contributed by atoms with Crippen molar-refractivity contribution in [3.8, 4) is 0 Å². The zero-order valence-electron chi connectivity index (χ0n) is 8.26. The monoisotopic (exact) mass is 165 g/mol. The van der Waals surface area contributed by atoms with Gasteiger partial charge in [-0.05, 0) is 19.1 Å². The van der Waals surface area contributed by atoms with Crippen LogP contribution in [0.15, 0.2) is 18.2 Å². The fourth-order valence-corrected chi connectivity index (χ4v) is 1.37. The maximum Gasteiger partial charge on any atom is 0.137 e. The summed E-state index contributed by atoms with van der Waals surface area (Å²) in [7, 11) is 6.42. The molecule has 0 aliphatic rings. The van der Waals surface area contributed by atoms with Crippen molar-refractivity contribution >= 4 is 11.4 Å². The first-order chi connectivity index (χ1) is 5.43. The standard InChI is InChI=1S/C10H17N2/c1-8-9(11)6-5-7-10(8)12(2,3)4/h5-7H,11H2,1-4H3/q+1. The fourth-order valence-electron chi connectivity index (χ4n) is 1.37. The van der Waals surface area contributed by atoms with Gasteiger partial charge in [0, 0.05) is 11.3 Å². The van der Waals surface area contributed by atoms with Crippen LogP contribution in [0.1, 0.15) is 5.56 Å². The molecule has 0 spiro atoms. The van der Waals surface area contributed by atoms with E-state index in [0.29, 0.717) is 0 Å². The Hall–Kier alpha value is -1.02. The highest BCUT2D eigenvalue weighted by atomic mass is 15.3. The molecule has 2 nitrogen and oxygen atoms in total. The quantitative estimate of drug-likeness (QED) is 0.498. The van der Waals surface area contributed by atoms with Gasteiger partial charge in [0.25, 0.3) is 0 Å². The summed E-state index contributed by atoms with van der Waals surface area (Å²) < 4.78 is 0.816. The van der Waals surface area contributed by atoms with Gasteiger partial charge in [0.15, 0.2) is 0 Å². The molecular weight excluding hydrogens is 148 g/mol. The summed E-state index contributed by atoms with van der Waals surface area (Å²) in [5, 5.41) is 0. The fraction of sp³-hybridized carbons (Fsp3) is 0.400. The predicted molar refractivity (Wildman–Crippen MR) is 55.2 cm³/mol. The van der Waals surface area contributed by atoms with Gasteiger partial charge in [-0.3, -0.25) is 4.48 Å². The summed E-state index contributed by atoms with van der Waals surface area (Å²) in [6.45, 7) is 2.06. The highest BCUT2D eigenvalue weighted by molar-refractivity contribution is 5.61. The molecule has 1 aromatic rings. The molecule has 2 heteroatoms. The Kier molecular flexibility index (Phi) is 2.11. The largest absolute Gasteiger partial charge is 0.398 e. The highest BCUT2D eigenvalue weighted by Gasteiger charge is 2.15. The third-order valence-electron chi connectivity index (χ3n) is 2.07. The number of nitrogens with zero attached hydrogens (tertiary/aromatic N) is 1. The summed E-state index contributed by atoms with van der Waals surface area (Å²) in [5.74, 6) is 0. The average Bonchev–Trinajstić information content (AvgIpc) is 1.92. The molecule has 0 fully saturated rings. The number of rotatable bonds is 1. The van der Waals surface area contributed by atoms with E-state index in [-0.39, 0.29) is 0 Å². The maximum atomic E-state index is 5.81. The molecule has 0 heterocycles. The minimum Gasteiger partial charge on any atom is -0.398 e.